The highest BCUT2D eigenvalue weighted by atomic mass is 16.2. The van der Waals surface area contributed by atoms with Crippen LogP contribution in [-0.2, 0) is 4.79 Å². The van der Waals surface area contributed by atoms with Crippen LogP contribution in [0.1, 0.15) is 46.5 Å². The van der Waals surface area contributed by atoms with Gasteiger partial charge in [0.2, 0.25) is 5.91 Å². The van der Waals surface area contributed by atoms with Crippen LogP contribution in [-0.4, -0.2) is 61.0 Å². The standard InChI is InChI=1S/C15H31N3O/c1-5-18(6-2)15(19)13(3)16-11-10-14-9-7-8-12-17(14)4/h13-14,16H,5-12H2,1-4H3. The zero-order valence-electron chi connectivity index (χ0n) is 13.1. The largest absolute Gasteiger partial charge is 0.342 e. The molecule has 1 heterocycles. The quantitative estimate of drug-likeness (QED) is 0.764. The van der Waals surface area contributed by atoms with E-state index in [2.05, 4.69) is 17.3 Å². The van der Waals surface area contributed by atoms with Gasteiger partial charge in [0.25, 0.3) is 0 Å². The molecule has 0 aromatic heterocycles. The van der Waals surface area contributed by atoms with Crippen molar-refractivity contribution in [2.45, 2.75) is 58.5 Å². The second-order valence-electron chi connectivity index (χ2n) is 5.61. The van der Waals surface area contributed by atoms with E-state index in [9.17, 15) is 4.79 Å². The number of hydrogen-bond acceptors (Lipinski definition) is 3. The Morgan fingerprint density at radius 2 is 2.05 bits per heavy atom. The summed E-state index contributed by atoms with van der Waals surface area (Å²) in [6, 6.07) is 0.630. The number of likely N-dealkylation sites (tertiary alicyclic amines) is 1. The molecule has 0 aromatic carbocycles. The summed E-state index contributed by atoms with van der Waals surface area (Å²) in [6.45, 7) is 9.79. The van der Waals surface area contributed by atoms with Crippen LogP contribution >= 0.6 is 0 Å². The minimum Gasteiger partial charge on any atom is -0.342 e. The summed E-state index contributed by atoms with van der Waals surface area (Å²) in [5, 5.41) is 3.38. The van der Waals surface area contributed by atoms with Crippen molar-refractivity contribution in [3.63, 3.8) is 0 Å². The maximum atomic E-state index is 12.1. The van der Waals surface area contributed by atoms with Crippen LogP contribution in [0.15, 0.2) is 0 Å². The third-order valence-electron chi connectivity index (χ3n) is 4.30. The summed E-state index contributed by atoms with van der Waals surface area (Å²) in [5.41, 5.74) is 0. The summed E-state index contributed by atoms with van der Waals surface area (Å²) in [5.74, 6) is 0.224. The van der Waals surface area contributed by atoms with Crippen LogP contribution in [0.25, 0.3) is 0 Å². The van der Waals surface area contributed by atoms with Crippen molar-refractivity contribution in [2.75, 3.05) is 33.2 Å². The average Bonchev–Trinajstić information content (AvgIpc) is 2.42. The van der Waals surface area contributed by atoms with Gasteiger partial charge < -0.3 is 15.1 Å². The number of carbonyl (C=O) groups excluding carboxylic acids is 1. The van der Waals surface area contributed by atoms with Crippen molar-refractivity contribution in [3.05, 3.63) is 0 Å². The first-order valence-corrected chi connectivity index (χ1v) is 7.82. The smallest absolute Gasteiger partial charge is 0.239 e. The molecule has 4 heteroatoms. The van der Waals surface area contributed by atoms with E-state index in [1.54, 1.807) is 0 Å². The Labute approximate surface area is 118 Å². The Hall–Kier alpha value is -0.610. The Bertz CT molecular complexity index is 266. The van der Waals surface area contributed by atoms with Gasteiger partial charge in [0.1, 0.15) is 0 Å². The second kappa shape index (κ2) is 8.54. The molecule has 2 atom stereocenters. The summed E-state index contributed by atoms with van der Waals surface area (Å²) in [7, 11) is 2.22. The first kappa shape index (κ1) is 16.4. The van der Waals surface area contributed by atoms with Gasteiger partial charge in [-0.15, -0.1) is 0 Å². The lowest BCUT2D eigenvalue weighted by atomic mass is 10.00. The van der Waals surface area contributed by atoms with Crippen LogP contribution in [0, 0.1) is 0 Å². The van der Waals surface area contributed by atoms with E-state index >= 15 is 0 Å². The highest BCUT2D eigenvalue weighted by Crippen LogP contribution is 2.17. The summed E-state index contributed by atoms with van der Waals surface area (Å²) in [4.78, 5) is 16.5. The van der Waals surface area contributed by atoms with Crippen molar-refractivity contribution in [3.8, 4) is 0 Å². The number of hydrogen-bond donors (Lipinski definition) is 1. The normalized spacial score (nSPS) is 22.2. The summed E-state index contributed by atoms with van der Waals surface area (Å²) >= 11 is 0. The van der Waals surface area contributed by atoms with E-state index in [1.165, 1.54) is 25.8 Å². The van der Waals surface area contributed by atoms with Gasteiger partial charge in [-0.25, -0.2) is 0 Å². The third-order valence-corrected chi connectivity index (χ3v) is 4.30. The maximum Gasteiger partial charge on any atom is 0.239 e. The van der Waals surface area contributed by atoms with Gasteiger partial charge >= 0.3 is 0 Å². The van der Waals surface area contributed by atoms with Crippen molar-refractivity contribution >= 4 is 5.91 Å². The van der Waals surface area contributed by atoms with Gasteiger partial charge in [-0.2, -0.15) is 0 Å². The molecular formula is C15H31N3O. The number of carbonyl (C=O) groups is 1. The molecule has 112 valence electrons. The van der Waals surface area contributed by atoms with Crippen LogP contribution in [0.5, 0.6) is 0 Å². The predicted molar refractivity (Wildman–Crippen MR) is 80.3 cm³/mol. The lowest BCUT2D eigenvalue weighted by Crippen LogP contribution is -2.46. The molecule has 2 unspecified atom stereocenters. The molecule has 1 fully saturated rings. The fraction of sp³-hybridized carbons (Fsp3) is 0.933. The Morgan fingerprint density at radius 1 is 1.37 bits per heavy atom. The zero-order chi connectivity index (χ0) is 14.3. The maximum absolute atomic E-state index is 12.1. The van der Waals surface area contributed by atoms with E-state index in [4.69, 9.17) is 0 Å². The molecule has 1 aliphatic heterocycles. The van der Waals surface area contributed by atoms with E-state index in [0.717, 1.165) is 26.1 Å². The van der Waals surface area contributed by atoms with Crippen LogP contribution in [0.4, 0.5) is 0 Å². The molecule has 19 heavy (non-hydrogen) atoms. The monoisotopic (exact) mass is 269 g/mol. The summed E-state index contributed by atoms with van der Waals surface area (Å²) < 4.78 is 0. The minimum atomic E-state index is -0.0613. The van der Waals surface area contributed by atoms with E-state index < -0.39 is 0 Å². The molecule has 0 saturated carbocycles. The average molecular weight is 269 g/mol. The van der Waals surface area contributed by atoms with Crippen molar-refractivity contribution in [1.82, 2.24) is 15.1 Å². The van der Waals surface area contributed by atoms with Gasteiger partial charge in [0, 0.05) is 19.1 Å². The van der Waals surface area contributed by atoms with Crippen LogP contribution in [0.3, 0.4) is 0 Å². The van der Waals surface area contributed by atoms with Crippen LogP contribution in [0.2, 0.25) is 0 Å². The van der Waals surface area contributed by atoms with E-state index in [0.29, 0.717) is 6.04 Å². The van der Waals surface area contributed by atoms with Crippen molar-refractivity contribution < 1.29 is 4.79 Å². The topological polar surface area (TPSA) is 35.6 Å². The molecular weight excluding hydrogens is 238 g/mol. The van der Waals surface area contributed by atoms with Gasteiger partial charge in [-0.3, -0.25) is 4.79 Å². The second-order valence-corrected chi connectivity index (χ2v) is 5.61. The number of rotatable bonds is 7. The zero-order valence-corrected chi connectivity index (χ0v) is 13.1. The molecule has 0 aliphatic carbocycles. The molecule has 4 nitrogen and oxygen atoms in total. The number of piperidine rings is 1. The molecule has 1 rings (SSSR count). The molecule has 0 aromatic rings. The number of amides is 1. The predicted octanol–water partition coefficient (Wildman–Crippen LogP) is 1.71. The van der Waals surface area contributed by atoms with E-state index in [-0.39, 0.29) is 11.9 Å². The fourth-order valence-corrected chi connectivity index (χ4v) is 2.87. The number of nitrogens with zero attached hydrogens (tertiary/aromatic N) is 2. The Balaban J connectivity index is 2.26. The van der Waals surface area contributed by atoms with Crippen LogP contribution < -0.4 is 5.32 Å². The first-order valence-electron chi connectivity index (χ1n) is 7.82. The Morgan fingerprint density at radius 3 is 2.63 bits per heavy atom. The van der Waals surface area contributed by atoms with Gasteiger partial charge in [-0.05, 0) is 60.2 Å². The summed E-state index contributed by atoms with van der Waals surface area (Å²) in [6.07, 6.45) is 5.13. The molecule has 0 spiro atoms. The SMILES string of the molecule is CCN(CC)C(=O)C(C)NCCC1CCCCN1C. The lowest BCUT2D eigenvalue weighted by molar-refractivity contribution is -0.132. The molecule has 0 bridgehead atoms. The van der Waals surface area contributed by atoms with Gasteiger partial charge in [0.05, 0.1) is 6.04 Å². The first-order chi connectivity index (χ1) is 9.10. The van der Waals surface area contributed by atoms with Gasteiger partial charge in [0.15, 0.2) is 0 Å². The number of likely N-dealkylation sites (N-methyl/N-ethyl adjacent to an activating group) is 1. The molecule has 0 radical (unpaired) electrons. The van der Waals surface area contributed by atoms with Crippen molar-refractivity contribution in [2.24, 2.45) is 0 Å². The van der Waals surface area contributed by atoms with Crippen molar-refractivity contribution in [1.29, 1.82) is 0 Å². The highest BCUT2D eigenvalue weighted by Gasteiger charge is 2.20. The molecule has 1 saturated heterocycles. The molecule has 1 aliphatic rings. The van der Waals surface area contributed by atoms with E-state index in [1.807, 2.05) is 25.7 Å². The molecule has 1 N–H and O–H groups in total. The van der Waals surface area contributed by atoms with Gasteiger partial charge in [-0.1, -0.05) is 6.42 Å². The fourth-order valence-electron chi connectivity index (χ4n) is 2.87. The lowest BCUT2D eigenvalue weighted by Gasteiger charge is -2.33. The minimum absolute atomic E-state index is 0.0613. The number of nitrogens with one attached hydrogen (secondary N) is 1. The highest BCUT2D eigenvalue weighted by molar-refractivity contribution is 5.81. The molecule has 1 amide bonds. The third kappa shape index (κ3) is 5.11. The Kier molecular flexibility index (Phi) is 7.39.